The van der Waals surface area contributed by atoms with Crippen LogP contribution in [0.3, 0.4) is 0 Å². The van der Waals surface area contributed by atoms with E-state index in [0.29, 0.717) is 32.2 Å². The van der Waals surface area contributed by atoms with Crippen LogP contribution in [0.4, 0.5) is 0 Å². The molecule has 3 rings (SSSR count). The number of nitrogens with zero attached hydrogens (tertiary/aromatic N) is 6. The van der Waals surface area contributed by atoms with E-state index in [2.05, 4.69) is 38.1 Å². The van der Waals surface area contributed by atoms with E-state index < -0.39 is 0 Å². The van der Waals surface area contributed by atoms with Crippen molar-refractivity contribution in [3.05, 3.63) is 65.5 Å². The predicted octanol–water partition coefficient (Wildman–Crippen LogP) is 1.25. The summed E-state index contributed by atoms with van der Waals surface area (Å²) in [6, 6.07) is 10.2. The normalized spacial score (nSPS) is 11.6. The molecule has 0 aliphatic rings. The Bertz CT molecular complexity index is 916. The lowest BCUT2D eigenvalue weighted by Gasteiger charge is -2.13. The number of aryl methyl sites for hydroxylation is 1. The zero-order valence-electron chi connectivity index (χ0n) is 17.2. The predicted molar refractivity (Wildman–Crippen MR) is 111 cm³/mol. The summed E-state index contributed by atoms with van der Waals surface area (Å²) in [5.74, 6) is 2.43. The highest BCUT2D eigenvalue weighted by Gasteiger charge is 2.07. The molecule has 2 heterocycles. The zero-order chi connectivity index (χ0) is 20.5. The van der Waals surface area contributed by atoms with E-state index in [1.165, 1.54) is 5.56 Å². The number of nitrogens with one attached hydrogen (secondary N) is 2. The van der Waals surface area contributed by atoms with Gasteiger partial charge in [-0.1, -0.05) is 24.3 Å². The van der Waals surface area contributed by atoms with Crippen molar-refractivity contribution < 1.29 is 4.74 Å². The summed E-state index contributed by atoms with van der Waals surface area (Å²) in [5, 5.41) is 19.2. The summed E-state index contributed by atoms with van der Waals surface area (Å²) < 4.78 is 9.01. The van der Waals surface area contributed by atoms with Crippen molar-refractivity contribution in [2.75, 3.05) is 20.3 Å². The third-order valence-corrected chi connectivity index (χ3v) is 4.61. The molecular weight excluding hydrogens is 368 g/mol. The molecule has 0 saturated carbocycles. The Morgan fingerprint density at radius 1 is 1.14 bits per heavy atom. The standard InChI is InChI=1S/C20H28N8O/c1-16-25-26-19(27(16)2)14-23-20(21-10-12-29-3)22-13-17-7-4-5-8-18(17)15-28-11-6-9-24-28/h4-9,11H,10,12-15H2,1-3H3,(H2,21,22,23). The molecule has 0 bridgehead atoms. The lowest BCUT2D eigenvalue weighted by atomic mass is 10.1. The molecule has 3 aromatic rings. The molecule has 0 unspecified atom stereocenters. The summed E-state index contributed by atoms with van der Waals surface area (Å²) in [6.07, 6.45) is 3.75. The lowest BCUT2D eigenvalue weighted by molar-refractivity contribution is 0.203. The first-order valence-electron chi connectivity index (χ1n) is 9.57. The van der Waals surface area contributed by atoms with Crippen LogP contribution in [0.5, 0.6) is 0 Å². The van der Waals surface area contributed by atoms with E-state index in [4.69, 9.17) is 9.73 Å². The average Bonchev–Trinajstić information content (AvgIpc) is 3.35. The highest BCUT2D eigenvalue weighted by atomic mass is 16.5. The molecule has 0 radical (unpaired) electrons. The molecule has 1 aromatic carbocycles. The van der Waals surface area contributed by atoms with Gasteiger partial charge in [0, 0.05) is 33.1 Å². The molecular formula is C20H28N8O. The average molecular weight is 396 g/mol. The lowest BCUT2D eigenvalue weighted by Crippen LogP contribution is -2.39. The van der Waals surface area contributed by atoms with Crippen LogP contribution in [-0.4, -0.2) is 50.8 Å². The molecule has 0 saturated heterocycles. The van der Waals surface area contributed by atoms with Gasteiger partial charge in [0.25, 0.3) is 0 Å². The van der Waals surface area contributed by atoms with Gasteiger partial charge in [0.1, 0.15) is 5.82 Å². The number of methoxy groups -OCH3 is 1. The van der Waals surface area contributed by atoms with Crippen molar-refractivity contribution in [3.63, 3.8) is 0 Å². The van der Waals surface area contributed by atoms with Gasteiger partial charge >= 0.3 is 0 Å². The van der Waals surface area contributed by atoms with Crippen LogP contribution in [-0.2, 0) is 31.4 Å². The molecule has 29 heavy (non-hydrogen) atoms. The van der Waals surface area contributed by atoms with Crippen molar-refractivity contribution >= 4 is 5.96 Å². The highest BCUT2D eigenvalue weighted by Crippen LogP contribution is 2.11. The molecule has 9 heteroatoms. The van der Waals surface area contributed by atoms with Crippen LogP contribution in [0.25, 0.3) is 0 Å². The van der Waals surface area contributed by atoms with Crippen LogP contribution >= 0.6 is 0 Å². The van der Waals surface area contributed by atoms with Gasteiger partial charge in [-0.25, -0.2) is 4.99 Å². The van der Waals surface area contributed by atoms with Gasteiger partial charge in [-0.3, -0.25) is 4.68 Å². The monoisotopic (exact) mass is 396 g/mol. The minimum Gasteiger partial charge on any atom is -0.383 e. The first kappa shape index (κ1) is 20.5. The summed E-state index contributed by atoms with van der Waals surface area (Å²) in [7, 11) is 3.63. The quantitative estimate of drug-likeness (QED) is 0.321. The van der Waals surface area contributed by atoms with Crippen LogP contribution in [0.15, 0.2) is 47.7 Å². The number of guanidine groups is 1. The van der Waals surface area contributed by atoms with E-state index in [9.17, 15) is 0 Å². The smallest absolute Gasteiger partial charge is 0.192 e. The zero-order valence-corrected chi connectivity index (χ0v) is 17.2. The second-order valence-corrected chi connectivity index (χ2v) is 6.63. The van der Waals surface area contributed by atoms with Crippen molar-refractivity contribution in [1.82, 2.24) is 35.2 Å². The highest BCUT2D eigenvalue weighted by molar-refractivity contribution is 5.79. The maximum atomic E-state index is 5.14. The van der Waals surface area contributed by atoms with Crippen LogP contribution in [0.2, 0.25) is 0 Å². The molecule has 0 spiro atoms. The van der Waals surface area contributed by atoms with Gasteiger partial charge in [0.05, 0.1) is 26.2 Å². The number of hydrogen-bond donors (Lipinski definition) is 2. The van der Waals surface area contributed by atoms with Crippen molar-refractivity contribution in [3.8, 4) is 0 Å². The molecule has 9 nitrogen and oxygen atoms in total. The maximum Gasteiger partial charge on any atom is 0.192 e. The van der Waals surface area contributed by atoms with Crippen LogP contribution in [0, 0.1) is 6.92 Å². The Labute approximate surface area is 170 Å². The fourth-order valence-electron chi connectivity index (χ4n) is 2.81. The summed E-state index contributed by atoms with van der Waals surface area (Å²) in [5.41, 5.74) is 2.35. The van der Waals surface area contributed by atoms with Crippen LogP contribution < -0.4 is 10.6 Å². The molecule has 0 aliphatic carbocycles. The van der Waals surface area contributed by atoms with Crippen molar-refractivity contribution in [1.29, 1.82) is 0 Å². The number of benzene rings is 1. The molecule has 2 N–H and O–H groups in total. The molecule has 0 aliphatic heterocycles. The minimum atomic E-state index is 0.533. The second kappa shape index (κ2) is 10.4. The Kier molecular flexibility index (Phi) is 7.34. The molecule has 0 amide bonds. The number of aromatic nitrogens is 5. The topological polar surface area (TPSA) is 94.2 Å². The number of rotatable bonds is 9. The van der Waals surface area contributed by atoms with E-state index in [1.54, 1.807) is 13.3 Å². The number of hydrogen-bond acceptors (Lipinski definition) is 5. The van der Waals surface area contributed by atoms with Gasteiger partial charge in [-0.15, -0.1) is 10.2 Å². The summed E-state index contributed by atoms with van der Waals surface area (Å²) in [4.78, 5) is 4.76. The third kappa shape index (κ3) is 5.89. The maximum absolute atomic E-state index is 5.14. The third-order valence-electron chi connectivity index (χ3n) is 4.61. The Morgan fingerprint density at radius 3 is 2.66 bits per heavy atom. The first-order chi connectivity index (χ1) is 14.2. The number of ether oxygens (including phenoxy) is 1. The van der Waals surface area contributed by atoms with Gasteiger partial charge in [-0.2, -0.15) is 5.10 Å². The van der Waals surface area contributed by atoms with E-state index in [-0.39, 0.29) is 0 Å². The Balaban J connectivity index is 1.69. The van der Waals surface area contributed by atoms with Crippen molar-refractivity contribution in [2.45, 2.75) is 26.6 Å². The Hall–Kier alpha value is -3.20. The van der Waals surface area contributed by atoms with Gasteiger partial charge in [0.2, 0.25) is 0 Å². The summed E-state index contributed by atoms with van der Waals surface area (Å²) in [6.45, 7) is 4.99. The number of aliphatic imine (C=N–C) groups is 1. The van der Waals surface area contributed by atoms with Gasteiger partial charge in [0.15, 0.2) is 11.8 Å². The van der Waals surface area contributed by atoms with E-state index in [1.807, 2.05) is 47.6 Å². The van der Waals surface area contributed by atoms with Gasteiger partial charge < -0.3 is 19.9 Å². The SMILES string of the molecule is COCCNC(=NCc1ccccc1Cn1cccn1)NCc1nnc(C)n1C. The van der Waals surface area contributed by atoms with E-state index in [0.717, 1.165) is 23.8 Å². The first-order valence-corrected chi connectivity index (χ1v) is 9.57. The molecule has 0 atom stereocenters. The van der Waals surface area contributed by atoms with Crippen molar-refractivity contribution in [2.24, 2.45) is 12.0 Å². The van der Waals surface area contributed by atoms with Gasteiger partial charge in [-0.05, 0) is 24.1 Å². The minimum absolute atomic E-state index is 0.533. The molecule has 154 valence electrons. The molecule has 0 fully saturated rings. The second-order valence-electron chi connectivity index (χ2n) is 6.63. The Morgan fingerprint density at radius 2 is 1.97 bits per heavy atom. The van der Waals surface area contributed by atoms with Crippen LogP contribution in [0.1, 0.15) is 22.8 Å². The largest absolute Gasteiger partial charge is 0.383 e. The fourth-order valence-corrected chi connectivity index (χ4v) is 2.81. The van der Waals surface area contributed by atoms with E-state index >= 15 is 0 Å². The fraction of sp³-hybridized carbons (Fsp3) is 0.400. The summed E-state index contributed by atoms with van der Waals surface area (Å²) >= 11 is 0. The molecule has 2 aromatic heterocycles.